The highest BCUT2D eigenvalue weighted by Gasteiger charge is 2.26. The summed E-state index contributed by atoms with van der Waals surface area (Å²) in [5, 5.41) is 27.6. The lowest BCUT2D eigenvalue weighted by Crippen LogP contribution is -2.10. The van der Waals surface area contributed by atoms with Crippen LogP contribution in [0, 0.1) is 0 Å². The van der Waals surface area contributed by atoms with E-state index in [1.54, 1.807) is 34.8 Å². The highest BCUT2D eigenvalue weighted by Crippen LogP contribution is 2.50. The van der Waals surface area contributed by atoms with Gasteiger partial charge in [0.15, 0.2) is 0 Å². The molecule has 0 spiro atoms. The number of fused-ring (bicyclic) bond motifs is 10. The van der Waals surface area contributed by atoms with Gasteiger partial charge >= 0.3 is 0 Å². The highest BCUT2D eigenvalue weighted by atomic mass is 32.1. The van der Waals surface area contributed by atoms with E-state index in [0.717, 1.165) is 9.40 Å². The van der Waals surface area contributed by atoms with E-state index in [-0.39, 0.29) is 5.41 Å². The van der Waals surface area contributed by atoms with Gasteiger partial charge in [-0.05, 0) is 59.5 Å². The Morgan fingerprint density at radius 1 is 0.677 bits per heavy atom. The average molecular weight is 442 g/mol. The van der Waals surface area contributed by atoms with E-state index in [9.17, 15) is 10.2 Å². The fourth-order valence-electron chi connectivity index (χ4n) is 4.97. The van der Waals surface area contributed by atoms with Crippen LogP contribution in [0.4, 0.5) is 0 Å². The summed E-state index contributed by atoms with van der Waals surface area (Å²) in [5.41, 5.74) is 2.62. The Labute approximate surface area is 185 Å². The minimum atomic E-state index is 0.0239. The first-order valence-electron chi connectivity index (χ1n) is 10.3. The second-order valence-corrected chi connectivity index (χ2v) is 11.5. The summed E-state index contributed by atoms with van der Waals surface area (Å²) in [4.78, 5) is 2.44. The SMILES string of the molecule is CC(C)(C)c1cc2c3c4ccc(O)cc4sc3n3c4sc5cc(O)ccc5c4c(c1)c23. The van der Waals surface area contributed by atoms with Crippen LogP contribution in [0.2, 0.25) is 0 Å². The second kappa shape index (κ2) is 5.42. The van der Waals surface area contributed by atoms with E-state index in [2.05, 4.69) is 37.3 Å². The second-order valence-electron chi connectivity index (χ2n) is 9.43. The van der Waals surface area contributed by atoms with Gasteiger partial charge in [0.1, 0.15) is 21.2 Å². The molecule has 152 valence electrons. The van der Waals surface area contributed by atoms with Crippen LogP contribution in [0.25, 0.3) is 56.9 Å². The molecule has 4 heterocycles. The Balaban J connectivity index is 1.83. The lowest BCUT2D eigenvalue weighted by molar-refractivity contribution is 0.475. The van der Waals surface area contributed by atoms with Crippen molar-refractivity contribution < 1.29 is 10.2 Å². The van der Waals surface area contributed by atoms with Gasteiger partial charge < -0.3 is 10.2 Å². The summed E-state index contributed by atoms with van der Waals surface area (Å²) in [5.74, 6) is 0.604. The maximum absolute atomic E-state index is 10.1. The quantitative estimate of drug-likeness (QED) is 0.251. The van der Waals surface area contributed by atoms with Crippen LogP contribution in [0.15, 0.2) is 48.5 Å². The maximum Gasteiger partial charge on any atom is 0.117 e. The van der Waals surface area contributed by atoms with Crippen LogP contribution in [-0.2, 0) is 5.41 Å². The van der Waals surface area contributed by atoms with E-state index in [1.165, 1.54) is 53.1 Å². The van der Waals surface area contributed by atoms with Crippen LogP contribution in [0.1, 0.15) is 26.3 Å². The number of aromatic hydroxyl groups is 2. The van der Waals surface area contributed by atoms with Crippen molar-refractivity contribution in [2.24, 2.45) is 0 Å². The van der Waals surface area contributed by atoms with Gasteiger partial charge in [-0.3, -0.25) is 4.40 Å². The minimum absolute atomic E-state index is 0.0239. The summed E-state index contributed by atoms with van der Waals surface area (Å²) in [6.45, 7) is 6.79. The van der Waals surface area contributed by atoms with Gasteiger partial charge in [0.25, 0.3) is 0 Å². The van der Waals surface area contributed by atoms with Gasteiger partial charge in [-0.2, -0.15) is 0 Å². The predicted octanol–water partition coefficient (Wildman–Crippen LogP) is 7.97. The smallest absolute Gasteiger partial charge is 0.117 e. The molecule has 3 nitrogen and oxygen atoms in total. The fourth-order valence-corrected chi connectivity index (χ4v) is 7.55. The van der Waals surface area contributed by atoms with Crippen LogP contribution in [-0.4, -0.2) is 14.6 Å². The zero-order valence-corrected chi connectivity index (χ0v) is 18.9. The molecule has 0 amide bonds. The molecule has 0 atom stereocenters. The summed E-state index contributed by atoms with van der Waals surface area (Å²) < 4.78 is 4.61. The molecule has 0 saturated heterocycles. The molecule has 3 aromatic carbocycles. The Morgan fingerprint density at radius 3 is 1.61 bits per heavy atom. The van der Waals surface area contributed by atoms with E-state index >= 15 is 0 Å². The lowest BCUT2D eigenvalue weighted by Gasteiger charge is -2.19. The molecule has 0 radical (unpaired) electrons. The number of aromatic nitrogens is 1. The predicted molar refractivity (Wildman–Crippen MR) is 134 cm³/mol. The molecule has 0 unspecified atom stereocenters. The van der Waals surface area contributed by atoms with Gasteiger partial charge in [-0.25, -0.2) is 0 Å². The first kappa shape index (κ1) is 17.6. The largest absolute Gasteiger partial charge is 0.508 e. The Hall–Kier alpha value is -3.02. The zero-order valence-electron chi connectivity index (χ0n) is 17.3. The molecule has 4 aromatic heterocycles. The number of thiophene rings is 2. The van der Waals surface area contributed by atoms with E-state index in [1.807, 2.05) is 24.3 Å². The number of phenols is 2. The van der Waals surface area contributed by atoms with Crippen molar-refractivity contribution >= 4 is 79.6 Å². The van der Waals surface area contributed by atoms with Crippen LogP contribution >= 0.6 is 22.7 Å². The third kappa shape index (κ3) is 2.13. The first-order valence-corrected chi connectivity index (χ1v) is 11.9. The number of rotatable bonds is 0. The van der Waals surface area contributed by atoms with E-state index in [4.69, 9.17) is 0 Å². The third-order valence-corrected chi connectivity index (χ3v) is 8.73. The van der Waals surface area contributed by atoms with Crippen molar-refractivity contribution in [1.82, 2.24) is 4.40 Å². The van der Waals surface area contributed by atoms with Crippen molar-refractivity contribution in [3.05, 3.63) is 54.1 Å². The molecule has 5 heteroatoms. The van der Waals surface area contributed by atoms with Crippen molar-refractivity contribution in [1.29, 1.82) is 0 Å². The Kier molecular flexibility index (Phi) is 3.08. The number of phenolic OH excluding ortho intramolecular Hbond substituents is 2. The Morgan fingerprint density at radius 2 is 1.16 bits per heavy atom. The molecule has 7 rings (SSSR count). The van der Waals surface area contributed by atoms with Gasteiger partial charge in [0.2, 0.25) is 0 Å². The molecule has 0 fully saturated rings. The Bertz CT molecular complexity index is 1720. The molecule has 2 N–H and O–H groups in total. The normalized spacial score (nSPS) is 13.3. The fraction of sp³-hybridized carbons (Fsp3) is 0.154. The van der Waals surface area contributed by atoms with E-state index < -0.39 is 0 Å². The summed E-state index contributed by atoms with van der Waals surface area (Å²) in [6.07, 6.45) is 0. The minimum Gasteiger partial charge on any atom is -0.508 e. The van der Waals surface area contributed by atoms with Gasteiger partial charge in [0, 0.05) is 41.7 Å². The molecular formula is C26H19NO2S2. The topological polar surface area (TPSA) is 44.9 Å². The van der Waals surface area contributed by atoms with Crippen molar-refractivity contribution in [3.63, 3.8) is 0 Å². The molecule has 0 bridgehead atoms. The number of nitrogens with zero attached hydrogens (tertiary/aromatic N) is 1. The van der Waals surface area contributed by atoms with Gasteiger partial charge in [-0.15, -0.1) is 22.7 Å². The molecule has 0 aliphatic rings. The lowest BCUT2D eigenvalue weighted by atomic mass is 9.85. The summed E-state index contributed by atoms with van der Waals surface area (Å²) in [6, 6.07) is 16.1. The van der Waals surface area contributed by atoms with Gasteiger partial charge in [-0.1, -0.05) is 20.8 Å². The molecule has 0 aliphatic heterocycles. The summed E-state index contributed by atoms with van der Waals surface area (Å²) in [7, 11) is 0. The van der Waals surface area contributed by atoms with Crippen LogP contribution in [0.3, 0.4) is 0 Å². The molecule has 7 aromatic rings. The number of benzene rings is 3. The third-order valence-electron chi connectivity index (χ3n) is 6.45. The molecule has 0 aliphatic carbocycles. The molecule has 31 heavy (non-hydrogen) atoms. The number of hydrogen-bond acceptors (Lipinski definition) is 4. The first-order chi connectivity index (χ1) is 14.8. The summed E-state index contributed by atoms with van der Waals surface area (Å²) >= 11 is 3.47. The monoisotopic (exact) mass is 441 g/mol. The molecular weight excluding hydrogens is 422 g/mol. The van der Waals surface area contributed by atoms with Crippen LogP contribution < -0.4 is 0 Å². The highest BCUT2D eigenvalue weighted by molar-refractivity contribution is 7.27. The van der Waals surface area contributed by atoms with Gasteiger partial charge in [0.05, 0.1) is 5.52 Å². The van der Waals surface area contributed by atoms with Crippen molar-refractivity contribution in [3.8, 4) is 11.5 Å². The van der Waals surface area contributed by atoms with Crippen molar-refractivity contribution in [2.45, 2.75) is 26.2 Å². The maximum atomic E-state index is 10.1. The van der Waals surface area contributed by atoms with Crippen molar-refractivity contribution in [2.75, 3.05) is 0 Å². The zero-order chi connectivity index (χ0) is 21.2. The number of hydrogen-bond donors (Lipinski definition) is 2. The average Bonchev–Trinajstić information content (AvgIpc) is 3.39. The molecule has 0 saturated carbocycles. The van der Waals surface area contributed by atoms with Crippen LogP contribution in [0.5, 0.6) is 11.5 Å². The van der Waals surface area contributed by atoms with E-state index in [0.29, 0.717) is 11.5 Å². The standard InChI is InChI=1S/C26H19NO2S2/c1-26(2,3)12-8-17-21-15-6-4-13(28)10-19(15)30-24(21)27-23(17)18(9-12)22-16-7-5-14(29)11-20(16)31-25(22)27/h4-11,28-29H,1-3H3.